The Morgan fingerprint density at radius 2 is 1.92 bits per heavy atom. The molecule has 144 valence electrons. The van der Waals surface area contributed by atoms with Gasteiger partial charge in [-0.05, 0) is 51.6 Å². The highest BCUT2D eigenvalue weighted by molar-refractivity contribution is 5.92. The summed E-state index contributed by atoms with van der Waals surface area (Å²) in [6.07, 6.45) is 9.55. The lowest BCUT2D eigenvalue weighted by Crippen LogP contribution is -2.52. The summed E-state index contributed by atoms with van der Waals surface area (Å²) >= 11 is 0. The summed E-state index contributed by atoms with van der Waals surface area (Å²) < 4.78 is 7.50. The van der Waals surface area contributed by atoms with E-state index in [4.69, 9.17) is 10.5 Å². The number of nitrogens with two attached hydrogens (primary N) is 1. The first kappa shape index (κ1) is 17.9. The van der Waals surface area contributed by atoms with Crippen molar-refractivity contribution in [3.63, 3.8) is 0 Å². The molecule has 0 unspecified atom stereocenters. The molecule has 4 rings (SSSR count). The molecule has 0 aromatic carbocycles. The molecule has 26 heavy (non-hydrogen) atoms. The van der Waals surface area contributed by atoms with E-state index < -0.39 is 0 Å². The summed E-state index contributed by atoms with van der Waals surface area (Å²) in [5.41, 5.74) is 6.36. The van der Waals surface area contributed by atoms with Gasteiger partial charge in [0.05, 0.1) is 37.5 Å². The Morgan fingerprint density at radius 1 is 1.15 bits per heavy atom. The minimum atomic E-state index is -0.152. The van der Waals surface area contributed by atoms with Gasteiger partial charge in [-0.25, -0.2) is 4.68 Å². The van der Waals surface area contributed by atoms with Gasteiger partial charge in [0.25, 0.3) is 5.91 Å². The van der Waals surface area contributed by atoms with Gasteiger partial charge < -0.3 is 15.8 Å². The number of rotatable bonds is 4. The summed E-state index contributed by atoms with van der Waals surface area (Å²) in [6.45, 7) is 3.46. The van der Waals surface area contributed by atoms with Crippen LogP contribution in [0.15, 0.2) is 6.20 Å². The number of amides is 1. The summed E-state index contributed by atoms with van der Waals surface area (Å²) in [4.78, 5) is 15.1. The summed E-state index contributed by atoms with van der Waals surface area (Å²) in [7, 11) is 0. The van der Waals surface area contributed by atoms with Gasteiger partial charge >= 0.3 is 0 Å². The third-order valence-electron chi connectivity index (χ3n) is 6.09. The normalized spacial score (nSPS) is 33.3. The highest BCUT2D eigenvalue weighted by atomic mass is 16.5. The molecule has 1 aliphatic carbocycles. The van der Waals surface area contributed by atoms with Crippen LogP contribution < -0.4 is 11.1 Å². The maximum Gasteiger partial charge on any atom is 0.273 e. The van der Waals surface area contributed by atoms with Crippen molar-refractivity contribution in [1.29, 1.82) is 0 Å². The first-order chi connectivity index (χ1) is 12.7. The molecule has 3 N–H and O–H groups in total. The number of carbonyl (C=O) groups excluding carboxylic acids is 1. The monoisotopic (exact) mass is 362 g/mol. The van der Waals surface area contributed by atoms with Gasteiger partial charge in [0, 0.05) is 6.04 Å². The number of hydrogen-bond acceptors (Lipinski definition) is 6. The van der Waals surface area contributed by atoms with Crippen LogP contribution >= 0.6 is 0 Å². The fraction of sp³-hybridized carbons (Fsp3) is 0.833. The number of nitrogens with zero attached hydrogens (tertiary/aromatic N) is 4. The fourth-order valence-electron chi connectivity index (χ4n) is 4.46. The summed E-state index contributed by atoms with van der Waals surface area (Å²) in [6, 6.07) is 0.902. The molecule has 3 fully saturated rings. The van der Waals surface area contributed by atoms with Crippen LogP contribution in [0.25, 0.3) is 0 Å². The van der Waals surface area contributed by atoms with Gasteiger partial charge in [0.15, 0.2) is 5.69 Å². The second kappa shape index (κ2) is 8.02. The lowest BCUT2D eigenvalue weighted by atomic mass is 9.92. The zero-order valence-corrected chi connectivity index (χ0v) is 15.3. The van der Waals surface area contributed by atoms with Gasteiger partial charge in [-0.1, -0.05) is 11.6 Å². The van der Waals surface area contributed by atoms with Crippen LogP contribution in [0.4, 0.5) is 0 Å². The lowest BCUT2D eigenvalue weighted by molar-refractivity contribution is 0.0895. The first-order valence-corrected chi connectivity index (χ1v) is 10.0. The van der Waals surface area contributed by atoms with Crippen LogP contribution in [0, 0.1) is 0 Å². The SMILES string of the molecule is NC1CCC(n2cc(C(=O)N[C@H]3COC[C@@H]3N3CCCCC3)nn2)CC1. The molecule has 2 saturated heterocycles. The Balaban J connectivity index is 1.35. The van der Waals surface area contributed by atoms with E-state index in [0.717, 1.165) is 38.8 Å². The molecule has 1 saturated carbocycles. The van der Waals surface area contributed by atoms with Gasteiger partial charge in [-0.3, -0.25) is 9.69 Å². The Morgan fingerprint density at radius 3 is 2.69 bits per heavy atom. The lowest BCUT2D eigenvalue weighted by Gasteiger charge is -2.34. The van der Waals surface area contributed by atoms with Crippen molar-refractivity contribution in [3.05, 3.63) is 11.9 Å². The highest BCUT2D eigenvalue weighted by Gasteiger charge is 2.35. The number of likely N-dealkylation sites (tertiary alicyclic amines) is 1. The van der Waals surface area contributed by atoms with Gasteiger partial charge in [0.2, 0.25) is 0 Å². The van der Waals surface area contributed by atoms with E-state index in [2.05, 4.69) is 20.5 Å². The van der Waals surface area contributed by atoms with Crippen molar-refractivity contribution in [1.82, 2.24) is 25.2 Å². The smallest absolute Gasteiger partial charge is 0.273 e. The fourth-order valence-corrected chi connectivity index (χ4v) is 4.46. The van der Waals surface area contributed by atoms with E-state index in [0.29, 0.717) is 31.0 Å². The minimum Gasteiger partial charge on any atom is -0.378 e. The molecular weight excluding hydrogens is 332 g/mol. The average Bonchev–Trinajstić information content (AvgIpc) is 3.33. The third kappa shape index (κ3) is 3.92. The van der Waals surface area contributed by atoms with Crippen LogP contribution in [0.5, 0.6) is 0 Å². The largest absolute Gasteiger partial charge is 0.378 e. The molecule has 8 nitrogen and oxygen atoms in total. The Labute approximate surface area is 154 Å². The van der Waals surface area contributed by atoms with Crippen LogP contribution in [0.1, 0.15) is 61.5 Å². The van der Waals surface area contributed by atoms with Crippen LogP contribution in [0.3, 0.4) is 0 Å². The molecule has 3 heterocycles. The number of piperidine rings is 1. The molecular formula is C18H30N6O2. The van der Waals surface area contributed by atoms with Crippen molar-refractivity contribution in [3.8, 4) is 0 Å². The number of hydrogen-bond donors (Lipinski definition) is 2. The zero-order valence-electron chi connectivity index (χ0n) is 15.3. The van der Waals surface area contributed by atoms with E-state index in [1.54, 1.807) is 6.20 Å². The van der Waals surface area contributed by atoms with Crippen molar-refractivity contribution in [2.24, 2.45) is 5.73 Å². The molecule has 1 amide bonds. The van der Waals surface area contributed by atoms with E-state index in [-0.39, 0.29) is 18.0 Å². The van der Waals surface area contributed by atoms with Crippen molar-refractivity contribution in [2.75, 3.05) is 26.3 Å². The van der Waals surface area contributed by atoms with Crippen molar-refractivity contribution >= 4 is 5.91 Å². The summed E-state index contributed by atoms with van der Waals surface area (Å²) in [5.74, 6) is -0.152. The minimum absolute atomic E-state index is 0.0263. The highest BCUT2D eigenvalue weighted by Crippen LogP contribution is 2.27. The Kier molecular flexibility index (Phi) is 5.52. The molecule has 1 aromatic rings. The number of aromatic nitrogens is 3. The van der Waals surface area contributed by atoms with Crippen molar-refractivity contribution in [2.45, 2.75) is 69.1 Å². The number of nitrogens with one attached hydrogen (secondary N) is 1. The molecule has 0 spiro atoms. The summed E-state index contributed by atoms with van der Waals surface area (Å²) in [5, 5.41) is 11.4. The predicted octanol–water partition coefficient (Wildman–Crippen LogP) is 0.704. The van der Waals surface area contributed by atoms with E-state index >= 15 is 0 Å². The topological polar surface area (TPSA) is 98.3 Å². The molecule has 0 bridgehead atoms. The molecule has 2 aliphatic heterocycles. The van der Waals surface area contributed by atoms with Crippen molar-refractivity contribution < 1.29 is 9.53 Å². The average molecular weight is 362 g/mol. The second-order valence-corrected chi connectivity index (χ2v) is 7.93. The third-order valence-corrected chi connectivity index (χ3v) is 6.09. The molecule has 3 aliphatic rings. The van der Waals surface area contributed by atoms with Gasteiger partial charge in [-0.2, -0.15) is 0 Å². The van der Waals surface area contributed by atoms with Crippen LogP contribution in [-0.2, 0) is 4.74 Å². The molecule has 2 atom stereocenters. The second-order valence-electron chi connectivity index (χ2n) is 7.93. The number of ether oxygens (including phenoxy) is 1. The molecule has 0 radical (unpaired) electrons. The first-order valence-electron chi connectivity index (χ1n) is 10.0. The quantitative estimate of drug-likeness (QED) is 0.818. The predicted molar refractivity (Wildman–Crippen MR) is 96.8 cm³/mol. The van der Waals surface area contributed by atoms with E-state index in [9.17, 15) is 4.79 Å². The maximum absolute atomic E-state index is 12.7. The van der Waals surface area contributed by atoms with Gasteiger partial charge in [-0.15, -0.1) is 5.10 Å². The maximum atomic E-state index is 12.7. The van der Waals surface area contributed by atoms with Gasteiger partial charge in [0.1, 0.15) is 0 Å². The standard InChI is InChI=1S/C18H30N6O2/c19-13-4-6-14(7-5-13)24-10-15(21-22-24)18(25)20-16-11-26-12-17(16)23-8-2-1-3-9-23/h10,13-14,16-17H,1-9,11-12,19H2,(H,20,25)/t13?,14?,16-,17-/m0/s1. The zero-order chi connectivity index (χ0) is 17.9. The Hall–Kier alpha value is -1.51. The van der Waals surface area contributed by atoms with E-state index in [1.807, 2.05) is 4.68 Å². The molecule has 8 heteroatoms. The van der Waals surface area contributed by atoms with Crippen LogP contribution in [0.2, 0.25) is 0 Å². The Bertz CT molecular complexity index is 607. The molecule has 1 aromatic heterocycles. The van der Waals surface area contributed by atoms with Crippen LogP contribution in [-0.4, -0.2) is 70.2 Å². The van der Waals surface area contributed by atoms with E-state index in [1.165, 1.54) is 19.3 Å². The number of carbonyl (C=O) groups is 1.